The molecule has 2 saturated heterocycles. The summed E-state index contributed by atoms with van der Waals surface area (Å²) in [6.07, 6.45) is 1.30. The number of piperidine rings is 1. The molecule has 1 aromatic carbocycles. The number of hydrazine groups is 1. The Kier molecular flexibility index (Phi) is 5.46. The summed E-state index contributed by atoms with van der Waals surface area (Å²) in [4.78, 5) is 27.3. The number of benzene rings is 1. The second-order valence-electron chi connectivity index (χ2n) is 7.80. The monoisotopic (exact) mass is 358 g/mol. The molecule has 3 rings (SSSR count). The molecule has 0 saturated carbocycles. The SMILES string of the molecule is CC(=O)C1(c2ccccc2)CCN(C(=O)C(N)C2C(C)NNC2C)CC1. The van der Waals surface area contributed by atoms with Crippen LogP contribution in [0.5, 0.6) is 0 Å². The largest absolute Gasteiger partial charge is 0.341 e. The van der Waals surface area contributed by atoms with Crippen molar-refractivity contribution >= 4 is 11.7 Å². The lowest BCUT2D eigenvalue weighted by Crippen LogP contribution is -2.56. The summed E-state index contributed by atoms with van der Waals surface area (Å²) in [5, 5.41) is 0. The molecular formula is C20H30N4O2. The standard InChI is InChI=1S/C20H30N4O2/c1-13-17(14(2)23-22-13)18(21)19(26)24-11-9-20(10-12-24,15(3)25)16-7-5-4-6-8-16/h4-8,13-14,17-18,22-23H,9-12,21H2,1-3H3. The van der Waals surface area contributed by atoms with Gasteiger partial charge in [0.25, 0.3) is 0 Å². The van der Waals surface area contributed by atoms with Crippen LogP contribution in [-0.2, 0) is 15.0 Å². The lowest BCUT2D eigenvalue weighted by molar-refractivity contribution is -0.138. The van der Waals surface area contributed by atoms with Crippen LogP contribution >= 0.6 is 0 Å². The Labute approximate surface area is 155 Å². The Morgan fingerprint density at radius 3 is 2.15 bits per heavy atom. The first kappa shape index (κ1) is 19.0. The summed E-state index contributed by atoms with van der Waals surface area (Å²) in [5.74, 6) is 0.215. The lowest BCUT2D eigenvalue weighted by atomic mass is 9.70. The maximum absolute atomic E-state index is 13.0. The molecule has 6 heteroatoms. The predicted octanol–water partition coefficient (Wildman–Crippen LogP) is 0.964. The number of nitrogens with zero attached hydrogens (tertiary/aromatic N) is 1. The van der Waals surface area contributed by atoms with Crippen molar-refractivity contribution in [3.63, 3.8) is 0 Å². The van der Waals surface area contributed by atoms with E-state index in [1.165, 1.54) is 0 Å². The zero-order valence-electron chi connectivity index (χ0n) is 15.9. The van der Waals surface area contributed by atoms with Crippen molar-refractivity contribution < 1.29 is 9.59 Å². The highest BCUT2D eigenvalue weighted by molar-refractivity contribution is 5.89. The van der Waals surface area contributed by atoms with Crippen molar-refractivity contribution in [3.8, 4) is 0 Å². The molecule has 0 spiro atoms. The molecule has 2 aliphatic heterocycles. The number of carbonyl (C=O) groups is 2. The van der Waals surface area contributed by atoms with Gasteiger partial charge in [-0.3, -0.25) is 20.4 Å². The summed E-state index contributed by atoms with van der Waals surface area (Å²) < 4.78 is 0. The second-order valence-corrected chi connectivity index (χ2v) is 7.80. The van der Waals surface area contributed by atoms with Crippen molar-refractivity contribution in [2.75, 3.05) is 13.1 Å². The van der Waals surface area contributed by atoms with Gasteiger partial charge in [0.1, 0.15) is 5.78 Å². The number of hydrogen-bond donors (Lipinski definition) is 3. The molecule has 3 atom stereocenters. The van der Waals surface area contributed by atoms with E-state index >= 15 is 0 Å². The topological polar surface area (TPSA) is 87.5 Å². The highest BCUT2D eigenvalue weighted by Crippen LogP contribution is 2.36. The van der Waals surface area contributed by atoms with Crippen LogP contribution < -0.4 is 16.6 Å². The molecule has 1 amide bonds. The van der Waals surface area contributed by atoms with Gasteiger partial charge in [-0.2, -0.15) is 0 Å². The molecule has 0 bridgehead atoms. The van der Waals surface area contributed by atoms with Crippen molar-refractivity contribution in [2.45, 2.75) is 57.2 Å². The van der Waals surface area contributed by atoms with Crippen molar-refractivity contribution in [2.24, 2.45) is 11.7 Å². The fourth-order valence-corrected chi connectivity index (χ4v) is 4.60. The number of likely N-dealkylation sites (tertiary alicyclic amines) is 1. The van der Waals surface area contributed by atoms with Gasteiger partial charge in [-0.25, -0.2) is 0 Å². The molecule has 2 heterocycles. The van der Waals surface area contributed by atoms with E-state index in [1.807, 2.05) is 49.1 Å². The van der Waals surface area contributed by atoms with Crippen LogP contribution in [0.1, 0.15) is 39.2 Å². The average molecular weight is 358 g/mol. The smallest absolute Gasteiger partial charge is 0.239 e. The third-order valence-electron chi connectivity index (χ3n) is 6.32. The van der Waals surface area contributed by atoms with E-state index in [1.54, 1.807) is 6.92 Å². The molecule has 3 unspecified atom stereocenters. The van der Waals surface area contributed by atoms with Gasteiger partial charge < -0.3 is 10.6 Å². The Hall–Kier alpha value is -1.76. The van der Waals surface area contributed by atoms with Gasteiger partial charge in [0.2, 0.25) is 5.91 Å². The number of amides is 1. The first-order valence-electron chi connectivity index (χ1n) is 9.49. The fraction of sp³-hybridized carbons (Fsp3) is 0.600. The van der Waals surface area contributed by atoms with Crippen molar-refractivity contribution in [1.82, 2.24) is 15.8 Å². The Morgan fingerprint density at radius 1 is 1.12 bits per heavy atom. The van der Waals surface area contributed by atoms with Crippen molar-refractivity contribution in [3.05, 3.63) is 35.9 Å². The average Bonchev–Trinajstić information content (AvgIpc) is 2.99. The van der Waals surface area contributed by atoms with Crippen LogP contribution in [0.15, 0.2) is 30.3 Å². The van der Waals surface area contributed by atoms with E-state index in [0.29, 0.717) is 25.9 Å². The first-order chi connectivity index (χ1) is 12.4. The van der Waals surface area contributed by atoms with Crippen LogP contribution in [-0.4, -0.2) is 47.8 Å². The third-order valence-corrected chi connectivity index (χ3v) is 6.32. The number of rotatable bonds is 4. The van der Waals surface area contributed by atoms with Gasteiger partial charge >= 0.3 is 0 Å². The van der Waals surface area contributed by atoms with Gasteiger partial charge in [0.05, 0.1) is 11.5 Å². The van der Waals surface area contributed by atoms with Gasteiger partial charge in [-0.1, -0.05) is 30.3 Å². The zero-order chi connectivity index (χ0) is 18.9. The first-order valence-corrected chi connectivity index (χ1v) is 9.49. The van der Waals surface area contributed by atoms with Crippen LogP contribution in [0.3, 0.4) is 0 Å². The van der Waals surface area contributed by atoms with E-state index in [4.69, 9.17) is 5.73 Å². The number of hydrogen-bond acceptors (Lipinski definition) is 5. The minimum atomic E-state index is -0.538. The zero-order valence-corrected chi connectivity index (χ0v) is 15.9. The molecule has 26 heavy (non-hydrogen) atoms. The van der Waals surface area contributed by atoms with Gasteiger partial charge in [-0.05, 0) is 39.2 Å². The number of nitrogens with one attached hydrogen (secondary N) is 2. The van der Waals surface area contributed by atoms with Crippen LogP contribution in [0.4, 0.5) is 0 Å². The number of Topliss-reactive ketones (excluding diaryl/α,β-unsaturated/α-hetero) is 1. The number of nitrogens with two attached hydrogens (primary N) is 1. The van der Waals surface area contributed by atoms with E-state index < -0.39 is 11.5 Å². The van der Waals surface area contributed by atoms with Gasteiger partial charge in [-0.15, -0.1) is 0 Å². The Morgan fingerprint density at radius 2 is 1.65 bits per heavy atom. The maximum Gasteiger partial charge on any atom is 0.239 e. The van der Waals surface area contributed by atoms with Crippen LogP contribution in [0, 0.1) is 5.92 Å². The molecule has 2 aliphatic rings. The minimum Gasteiger partial charge on any atom is -0.341 e. The second kappa shape index (κ2) is 7.47. The summed E-state index contributed by atoms with van der Waals surface area (Å²) in [7, 11) is 0. The Balaban J connectivity index is 1.71. The van der Waals surface area contributed by atoms with Crippen molar-refractivity contribution in [1.29, 1.82) is 0 Å². The molecule has 4 N–H and O–H groups in total. The van der Waals surface area contributed by atoms with Crippen LogP contribution in [0.25, 0.3) is 0 Å². The Bertz CT molecular complexity index is 645. The van der Waals surface area contributed by atoms with E-state index in [9.17, 15) is 9.59 Å². The summed E-state index contributed by atoms with van der Waals surface area (Å²) in [5.41, 5.74) is 13.2. The highest BCUT2D eigenvalue weighted by Gasteiger charge is 2.44. The number of carbonyl (C=O) groups excluding carboxylic acids is 2. The molecule has 2 fully saturated rings. The van der Waals surface area contributed by atoms with E-state index in [2.05, 4.69) is 10.9 Å². The fourth-order valence-electron chi connectivity index (χ4n) is 4.60. The third kappa shape index (κ3) is 3.29. The van der Waals surface area contributed by atoms with Crippen LogP contribution in [0.2, 0.25) is 0 Å². The molecule has 0 radical (unpaired) electrons. The molecular weight excluding hydrogens is 328 g/mol. The summed E-state index contributed by atoms with van der Waals surface area (Å²) in [6.45, 7) is 6.88. The predicted molar refractivity (Wildman–Crippen MR) is 101 cm³/mol. The summed E-state index contributed by atoms with van der Waals surface area (Å²) >= 11 is 0. The number of ketones is 1. The van der Waals surface area contributed by atoms with Gasteiger partial charge in [0.15, 0.2) is 0 Å². The summed E-state index contributed by atoms with van der Waals surface area (Å²) in [6, 6.07) is 9.69. The van der Waals surface area contributed by atoms with E-state index in [-0.39, 0.29) is 29.7 Å². The molecule has 142 valence electrons. The molecule has 0 aliphatic carbocycles. The molecule has 1 aromatic rings. The quantitative estimate of drug-likeness (QED) is 0.746. The maximum atomic E-state index is 13.0. The molecule has 6 nitrogen and oxygen atoms in total. The van der Waals surface area contributed by atoms with E-state index in [0.717, 1.165) is 5.56 Å². The highest BCUT2D eigenvalue weighted by atomic mass is 16.2. The molecule has 0 aromatic heterocycles. The van der Waals surface area contributed by atoms with Gasteiger partial charge in [0, 0.05) is 31.1 Å². The lowest BCUT2D eigenvalue weighted by Gasteiger charge is -2.42. The normalized spacial score (nSPS) is 29.4. The minimum absolute atomic E-state index is 0.00980.